The van der Waals surface area contributed by atoms with Crippen molar-refractivity contribution >= 4 is 17.7 Å². The van der Waals surface area contributed by atoms with Gasteiger partial charge in [-0.3, -0.25) is 4.79 Å². The van der Waals surface area contributed by atoms with Crippen LogP contribution in [0.25, 0.3) is 0 Å². The summed E-state index contributed by atoms with van der Waals surface area (Å²) in [6.45, 7) is 1.93. The molecule has 2 rings (SSSR count). The summed E-state index contributed by atoms with van der Waals surface area (Å²) in [6, 6.07) is 13.8. The number of amides is 1. The number of rotatable bonds is 6. The number of hydrogen-bond donors (Lipinski definition) is 1. The topological polar surface area (TPSA) is 38.3 Å². The molecule has 1 atom stereocenters. The van der Waals surface area contributed by atoms with Crippen LogP contribution in [0.15, 0.2) is 53.4 Å². The van der Waals surface area contributed by atoms with Gasteiger partial charge in [0.25, 0.3) is 5.91 Å². The van der Waals surface area contributed by atoms with Crippen molar-refractivity contribution in [1.82, 2.24) is 5.32 Å². The number of benzene rings is 2. The maximum Gasteiger partial charge on any atom is 0.252 e. The molecule has 1 N–H and O–H groups in total. The van der Waals surface area contributed by atoms with Gasteiger partial charge >= 0.3 is 0 Å². The third-order valence-electron chi connectivity index (χ3n) is 3.83. The molecule has 0 bridgehead atoms. The first-order valence-electron chi connectivity index (χ1n) is 7.23. The Hall–Kier alpha value is -1.85. The second-order valence-corrected chi connectivity index (χ2v) is 6.15. The van der Waals surface area contributed by atoms with Crippen molar-refractivity contribution in [1.29, 1.82) is 0 Å². The Balaban J connectivity index is 2.17. The zero-order valence-corrected chi connectivity index (χ0v) is 14.2. The molecule has 2 aromatic rings. The first-order valence-corrected chi connectivity index (χ1v) is 8.45. The third kappa shape index (κ3) is 3.92. The summed E-state index contributed by atoms with van der Waals surface area (Å²) >= 11 is 1.51. The van der Waals surface area contributed by atoms with Gasteiger partial charge in [-0.2, -0.15) is 0 Å². The van der Waals surface area contributed by atoms with E-state index < -0.39 is 5.60 Å². The van der Waals surface area contributed by atoms with Crippen molar-refractivity contribution in [3.63, 3.8) is 0 Å². The van der Waals surface area contributed by atoms with Gasteiger partial charge in [-0.05, 0) is 31.4 Å². The van der Waals surface area contributed by atoms with Gasteiger partial charge < -0.3 is 10.1 Å². The van der Waals surface area contributed by atoms with Crippen LogP contribution >= 0.6 is 11.8 Å². The Morgan fingerprint density at radius 1 is 1.22 bits per heavy atom. The average Bonchev–Trinajstić information content (AvgIpc) is 2.59. The van der Waals surface area contributed by atoms with Crippen LogP contribution < -0.4 is 5.32 Å². The van der Waals surface area contributed by atoms with Crippen LogP contribution in [0.3, 0.4) is 0 Å². The quantitative estimate of drug-likeness (QED) is 0.816. The van der Waals surface area contributed by atoms with Gasteiger partial charge in [-0.25, -0.2) is 4.39 Å². The molecule has 3 nitrogen and oxygen atoms in total. The highest BCUT2D eigenvalue weighted by Crippen LogP contribution is 2.27. The van der Waals surface area contributed by atoms with E-state index in [1.165, 1.54) is 24.9 Å². The molecule has 1 unspecified atom stereocenters. The number of carbonyl (C=O) groups excluding carboxylic acids is 1. The van der Waals surface area contributed by atoms with Crippen molar-refractivity contribution in [2.45, 2.75) is 17.4 Å². The fourth-order valence-electron chi connectivity index (χ4n) is 2.34. The molecule has 0 saturated heterocycles. The van der Waals surface area contributed by atoms with Gasteiger partial charge in [0.1, 0.15) is 11.4 Å². The fraction of sp³-hybridized carbons (Fsp3) is 0.278. The summed E-state index contributed by atoms with van der Waals surface area (Å²) in [5.41, 5.74) is 0.0860. The molecule has 1 amide bonds. The van der Waals surface area contributed by atoms with Gasteiger partial charge in [0.05, 0.1) is 12.1 Å². The second-order valence-electron chi connectivity index (χ2n) is 5.30. The number of ether oxygens (including phenoxy) is 1. The van der Waals surface area contributed by atoms with Crippen LogP contribution in [0.2, 0.25) is 0 Å². The minimum Gasteiger partial charge on any atom is -0.372 e. The number of nitrogens with one attached hydrogen (secondary N) is 1. The van der Waals surface area contributed by atoms with Crippen LogP contribution in [0.4, 0.5) is 4.39 Å². The minimum atomic E-state index is -0.935. The Morgan fingerprint density at radius 2 is 1.87 bits per heavy atom. The molecule has 0 aliphatic carbocycles. The number of carbonyl (C=O) groups is 1. The molecule has 2 aromatic carbocycles. The smallest absolute Gasteiger partial charge is 0.252 e. The van der Waals surface area contributed by atoms with Gasteiger partial charge in [-0.1, -0.05) is 30.3 Å². The van der Waals surface area contributed by atoms with Crippen LogP contribution in [-0.4, -0.2) is 25.8 Å². The van der Waals surface area contributed by atoms with Crippen molar-refractivity contribution in [3.8, 4) is 0 Å². The molecular formula is C18H20FNO2S. The summed E-state index contributed by atoms with van der Waals surface area (Å²) in [6.07, 6.45) is 1.92. The zero-order valence-electron chi connectivity index (χ0n) is 13.4. The maximum atomic E-state index is 14.0. The zero-order chi connectivity index (χ0) is 16.9. The number of hydrogen-bond acceptors (Lipinski definition) is 3. The summed E-state index contributed by atoms with van der Waals surface area (Å²) in [5.74, 6) is -0.551. The van der Waals surface area contributed by atoms with Gasteiger partial charge in [-0.15, -0.1) is 11.8 Å². The molecule has 23 heavy (non-hydrogen) atoms. The molecule has 0 fully saturated rings. The summed E-state index contributed by atoms with van der Waals surface area (Å²) in [5, 5.41) is 2.85. The van der Waals surface area contributed by atoms with Crippen molar-refractivity contribution in [3.05, 3.63) is 65.5 Å². The predicted octanol–water partition coefficient (Wildman–Crippen LogP) is 3.84. The molecular weight excluding hydrogens is 313 g/mol. The predicted molar refractivity (Wildman–Crippen MR) is 91.3 cm³/mol. The van der Waals surface area contributed by atoms with E-state index in [2.05, 4.69) is 5.32 Å². The molecule has 0 saturated carbocycles. The summed E-state index contributed by atoms with van der Waals surface area (Å²) in [4.78, 5) is 13.3. The molecule has 0 aliphatic rings. The summed E-state index contributed by atoms with van der Waals surface area (Å²) in [7, 11) is 1.51. The van der Waals surface area contributed by atoms with Crippen LogP contribution in [0, 0.1) is 5.82 Å². The number of halogens is 1. The van der Waals surface area contributed by atoms with Gasteiger partial charge in [0.2, 0.25) is 0 Å². The highest BCUT2D eigenvalue weighted by atomic mass is 32.2. The SMILES string of the molecule is COC(C)(CNC(=O)c1ccccc1SC)c1ccccc1F. The Kier molecular flexibility index (Phi) is 5.80. The molecule has 0 aliphatic heterocycles. The van der Waals surface area contributed by atoms with E-state index in [0.29, 0.717) is 11.1 Å². The van der Waals surface area contributed by atoms with Crippen LogP contribution in [-0.2, 0) is 10.3 Å². The summed E-state index contributed by atoms with van der Waals surface area (Å²) < 4.78 is 19.5. The maximum absolute atomic E-state index is 14.0. The van der Waals surface area contributed by atoms with E-state index in [1.54, 1.807) is 31.2 Å². The van der Waals surface area contributed by atoms with Crippen molar-refractivity contribution in [2.24, 2.45) is 0 Å². The van der Waals surface area contributed by atoms with Gasteiger partial charge in [0, 0.05) is 17.6 Å². The van der Waals surface area contributed by atoms with Crippen molar-refractivity contribution < 1.29 is 13.9 Å². The van der Waals surface area contributed by atoms with E-state index in [-0.39, 0.29) is 18.3 Å². The van der Waals surface area contributed by atoms with Crippen LogP contribution in [0.5, 0.6) is 0 Å². The van der Waals surface area contributed by atoms with E-state index >= 15 is 0 Å². The Morgan fingerprint density at radius 3 is 2.52 bits per heavy atom. The highest BCUT2D eigenvalue weighted by Gasteiger charge is 2.30. The van der Waals surface area contributed by atoms with E-state index in [9.17, 15) is 9.18 Å². The van der Waals surface area contributed by atoms with E-state index in [1.807, 2.05) is 24.5 Å². The normalized spacial score (nSPS) is 13.4. The third-order valence-corrected chi connectivity index (χ3v) is 4.63. The molecule has 122 valence electrons. The lowest BCUT2D eigenvalue weighted by atomic mass is 9.95. The molecule has 0 spiro atoms. The molecule has 0 heterocycles. The number of methoxy groups -OCH3 is 1. The first kappa shape index (κ1) is 17.5. The number of thioether (sulfide) groups is 1. The second kappa shape index (κ2) is 7.62. The highest BCUT2D eigenvalue weighted by molar-refractivity contribution is 7.98. The van der Waals surface area contributed by atoms with Crippen LogP contribution in [0.1, 0.15) is 22.8 Å². The minimum absolute atomic E-state index is 0.173. The Bertz CT molecular complexity index is 692. The van der Waals surface area contributed by atoms with E-state index in [0.717, 1.165) is 4.90 Å². The average molecular weight is 333 g/mol. The fourth-order valence-corrected chi connectivity index (χ4v) is 2.94. The van der Waals surface area contributed by atoms with E-state index in [4.69, 9.17) is 4.74 Å². The molecule has 5 heteroatoms. The van der Waals surface area contributed by atoms with Crippen molar-refractivity contribution in [2.75, 3.05) is 19.9 Å². The molecule has 0 aromatic heterocycles. The lowest BCUT2D eigenvalue weighted by Gasteiger charge is -2.29. The standard InChI is InChI=1S/C18H20FNO2S/c1-18(22-2,14-9-5-6-10-15(14)19)12-20-17(21)13-8-4-7-11-16(13)23-3/h4-11H,12H2,1-3H3,(H,20,21). The molecule has 0 radical (unpaired) electrons. The first-order chi connectivity index (χ1) is 11.0. The lowest BCUT2D eigenvalue weighted by molar-refractivity contribution is 0.000365. The van der Waals surface area contributed by atoms with Gasteiger partial charge in [0.15, 0.2) is 0 Å². The largest absolute Gasteiger partial charge is 0.372 e. The monoisotopic (exact) mass is 333 g/mol. The Labute approximate surface area is 140 Å². The lowest BCUT2D eigenvalue weighted by Crippen LogP contribution is -2.40.